The Kier molecular flexibility index (Phi) is 5.81. The Hall–Kier alpha value is -0.190. The molecular weight excluding hydrogens is 140 g/mol. The second-order valence-corrected chi connectivity index (χ2v) is 2.05. The van der Waals surface area contributed by atoms with E-state index in [2.05, 4.69) is 4.18 Å². The summed E-state index contributed by atoms with van der Waals surface area (Å²) in [5.74, 6) is 0. The number of hydrogen-bond donors (Lipinski definition) is 1. The van der Waals surface area contributed by atoms with Gasteiger partial charge in [0, 0.05) is 0 Å². The zero-order valence-corrected chi connectivity index (χ0v) is 6.06. The van der Waals surface area contributed by atoms with Crippen LogP contribution in [0.15, 0.2) is 12.2 Å². The SMILES string of the molecule is CC/C=C/COS(=O)O. The van der Waals surface area contributed by atoms with E-state index in [4.69, 9.17) is 4.55 Å². The lowest BCUT2D eigenvalue weighted by molar-refractivity contribution is 0.342. The van der Waals surface area contributed by atoms with Crippen molar-refractivity contribution in [2.75, 3.05) is 6.61 Å². The predicted molar refractivity (Wildman–Crippen MR) is 36.2 cm³/mol. The molecule has 0 aliphatic rings. The van der Waals surface area contributed by atoms with Crippen LogP contribution in [0.2, 0.25) is 0 Å². The summed E-state index contributed by atoms with van der Waals surface area (Å²) in [5, 5.41) is 0. The fourth-order valence-corrected chi connectivity index (χ4v) is 0.527. The fourth-order valence-electron chi connectivity index (χ4n) is 0.332. The van der Waals surface area contributed by atoms with E-state index in [9.17, 15) is 4.21 Å². The number of allylic oxidation sites excluding steroid dienone is 1. The van der Waals surface area contributed by atoms with Gasteiger partial charge in [0.25, 0.3) is 0 Å². The maximum atomic E-state index is 9.82. The monoisotopic (exact) mass is 150 g/mol. The molecule has 9 heavy (non-hydrogen) atoms. The highest BCUT2D eigenvalue weighted by Crippen LogP contribution is 1.82. The normalized spacial score (nSPS) is 14.4. The van der Waals surface area contributed by atoms with Crippen molar-refractivity contribution < 1.29 is 12.9 Å². The Labute approximate surface area is 57.2 Å². The van der Waals surface area contributed by atoms with Gasteiger partial charge in [0.1, 0.15) is 0 Å². The van der Waals surface area contributed by atoms with Crippen molar-refractivity contribution in [2.45, 2.75) is 13.3 Å². The van der Waals surface area contributed by atoms with Gasteiger partial charge < -0.3 is 0 Å². The summed E-state index contributed by atoms with van der Waals surface area (Å²) in [6.45, 7) is 2.18. The molecule has 0 aromatic heterocycles. The highest BCUT2D eigenvalue weighted by molar-refractivity contribution is 7.74. The average Bonchev–Trinajstić information content (AvgIpc) is 1.80. The third kappa shape index (κ3) is 7.81. The molecule has 0 fully saturated rings. The lowest BCUT2D eigenvalue weighted by Gasteiger charge is -1.88. The van der Waals surface area contributed by atoms with Gasteiger partial charge in [-0.05, 0) is 6.42 Å². The van der Waals surface area contributed by atoms with Crippen LogP contribution in [0.5, 0.6) is 0 Å². The van der Waals surface area contributed by atoms with Crippen LogP contribution in [0.4, 0.5) is 0 Å². The molecule has 0 rings (SSSR count). The van der Waals surface area contributed by atoms with Crippen LogP contribution in [-0.2, 0) is 15.5 Å². The van der Waals surface area contributed by atoms with Crippen LogP contribution in [0, 0.1) is 0 Å². The van der Waals surface area contributed by atoms with Crippen molar-refractivity contribution in [3.63, 3.8) is 0 Å². The lowest BCUT2D eigenvalue weighted by atomic mass is 10.4. The third-order valence-corrected chi connectivity index (χ3v) is 1.01. The van der Waals surface area contributed by atoms with Crippen LogP contribution in [0.3, 0.4) is 0 Å². The van der Waals surface area contributed by atoms with Crippen LogP contribution < -0.4 is 0 Å². The van der Waals surface area contributed by atoms with Crippen molar-refractivity contribution in [1.29, 1.82) is 0 Å². The molecular formula is C5H10O3S. The van der Waals surface area contributed by atoms with Gasteiger partial charge in [-0.15, -0.1) is 0 Å². The molecule has 54 valence electrons. The van der Waals surface area contributed by atoms with Gasteiger partial charge in [-0.25, -0.2) is 0 Å². The molecule has 0 aromatic carbocycles. The molecule has 0 aliphatic carbocycles. The second kappa shape index (κ2) is 5.94. The van der Waals surface area contributed by atoms with Crippen molar-refractivity contribution in [3.05, 3.63) is 12.2 Å². The van der Waals surface area contributed by atoms with E-state index in [1.165, 1.54) is 0 Å². The van der Waals surface area contributed by atoms with E-state index in [-0.39, 0.29) is 6.61 Å². The molecule has 0 heterocycles. The van der Waals surface area contributed by atoms with Gasteiger partial charge in [-0.3, -0.25) is 8.74 Å². The first-order valence-electron chi connectivity index (χ1n) is 2.66. The Bertz CT molecular complexity index is 111. The van der Waals surface area contributed by atoms with E-state index in [1.807, 2.05) is 13.0 Å². The highest BCUT2D eigenvalue weighted by Gasteiger charge is 1.85. The first kappa shape index (κ1) is 8.81. The van der Waals surface area contributed by atoms with Gasteiger partial charge in [-0.2, -0.15) is 4.21 Å². The topological polar surface area (TPSA) is 46.5 Å². The summed E-state index contributed by atoms with van der Waals surface area (Å²) < 4.78 is 22.2. The van der Waals surface area contributed by atoms with E-state index >= 15 is 0 Å². The van der Waals surface area contributed by atoms with Gasteiger partial charge >= 0.3 is 11.4 Å². The van der Waals surface area contributed by atoms with Gasteiger partial charge in [0.15, 0.2) is 0 Å². The van der Waals surface area contributed by atoms with Gasteiger partial charge in [0.05, 0.1) is 6.61 Å². The molecule has 0 bridgehead atoms. The number of rotatable bonds is 4. The largest absolute Gasteiger partial charge is 0.302 e. The Morgan fingerprint density at radius 1 is 1.67 bits per heavy atom. The Morgan fingerprint density at radius 2 is 2.33 bits per heavy atom. The van der Waals surface area contributed by atoms with E-state index in [0.29, 0.717) is 0 Å². The third-order valence-electron chi connectivity index (χ3n) is 0.667. The summed E-state index contributed by atoms with van der Waals surface area (Å²) in [4.78, 5) is 0. The Balaban J connectivity index is 3.09. The standard InChI is InChI=1S/C5H10O3S/c1-2-3-4-5-8-9(6)7/h3-4H,2,5H2,1H3,(H,6,7)/b4-3+. The van der Waals surface area contributed by atoms with Crippen LogP contribution >= 0.6 is 0 Å². The molecule has 4 heteroatoms. The predicted octanol–water partition coefficient (Wildman–Crippen LogP) is 1.11. The van der Waals surface area contributed by atoms with Crippen molar-refractivity contribution in [2.24, 2.45) is 0 Å². The van der Waals surface area contributed by atoms with Crippen molar-refractivity contribution >= 4 is 11.4 Å². The zero-order chi connectivity index (χ0) is 7.11. The molecule has 1 unspecified atom stereocenters. The molecule has 3 nitrogen and oxygen atoms in total. The van der Waals surface area contributed by atoms with E-state index in [0.717, 1.165) is 6.42 Å². The summed E-state index contributed by atoms with van der Waals surface area (Å²) >= 11 is -2.12. The van der Waals surface area contributed by atoms with Crippen molar-refractivity contribution in [3.8, 4) is 0 Å². The van der Waals surface area contributed by atoms with Crippen LogP contribution in [-0.4, -0.2) is 15.4 Å². The minimum absolute atomic E-state index is 0.205. The maximum absolute atomic E-state index is 9.82. The van der Waals surface area contributed by atoms with Crippen LogP contribution in [0.25, 0.3) is 0 Å². The Morgan fingerprint density at radius 3 is 2.78 bits per heavy atom. The molecule has 0 spiro atoms. The second-order valence-electron chi connectivity index (χ2n) is 1.38. The van der Waals surface area contributed by atoms with Gasteiger partial charge in [-0.1, -0.05) is 19.1 Å². The van der Waals surface area contributed by atoms with E-state index < -0.39 is 11.4 Å². The average molecular weight is 150 g/mol. The highest BCUT2D eigenvalue weighted by atomic mass is 32.2. The molecule has 0 aliphatic heterocycles. The smallest absolute Gasteiger partial charge is 0.284 e. The molecule has 0 saturated carbocycles. The molecule has 0 aromatic rings. The van der Waals surface area contributed by atoms with E-state index in [1.54, 1.807) is 6.08 Å². The summed E-state index contributed by atoms with van der Waals surface area (Å²) in [5.41, 5.74) is 0. The van der Waals surface area contributed by atoms with Gasteiger partial charge in [0.2, 0.25) is 0 Å². The summed E-state index contributed by atoms with van der Waals surface area (Å²) in [6.07, 6.45) is 4.49. The molecule has 1 N–H and O–H groups in total. The molecule has 0 amide bonds. The molecule has 0 saturated heterocycles. The summed E-state index contributed by atoms with van der Waals surface area (Å²) in [7, 11) is 0. The minimum Gasteiger partial charge on any atom is -0.284 e. The lowest BCUT2D eigenvalue weighted by Crippen LogP contribution is -1.93. The quantitative estimate of drug-likeness (QED) is 0.482. The maximum Gasteiger partial charge on any atom is 0.302 e. The minimum atomic E-state index is -2.12. The summed E-state index contributed by atoms with van der Waals surface area (Å²) in [6, 6.07) is 0. The first-order valence-corrected chi connectivity index (χ1v) is 3.69. The number of hydrogen-bond acceptors (Lipinski definition) is 2. The fraction of sp³-hybridized carbons (Fsp3) is 0.600. The molecule has 0 radical (unpaired) electrons. The van der Waals surface area contributed by atoms with Crippen molar-refractivity contribution in [1.82, 2.24) is 0 Å². The van der Waals surface area contributed by atoms with Crippen LogP contribution in [0.1, 0.15) is 13.3 Å². The zero-order valence-electron chi connectivity index (χ0n) is 5.24. The first-order chi connectivity index (χ1) is 4.27. The molecule has 1 atom stereocenters.